The highest BCUT2D eigenvalue weighted by Crippen LogP contribution is 2.27. The number of carbonyl (C=O) groups excluding carboxylic acids is 2. The van der Waals surface area contributed by atoms with Crippen LogP contribution in [0.3, 0.4) is 0 Å². The molecule has 2 aromatic rings. The van der Waals surface area contributed by atoms with Crippen LogP contribution in [0.25, 0.3) is 0 Å². The number of carbonyl (C=O) groups is 2. The van der Waals surface area contributed by atoms with Gasteiger partial charge in [-0.1, -0.05) is 23.7 Å². The highest BCUT2D eigenvalue weighted by molar-refractivity contribution is 6.31. The molecule has 1 amide bonds. The van der Waals surface area contributed by atoms with E-state index in [1.807, 2.05) is 6.92 Å². The fourth-order valence-corrected chi connectivity index (χ4v) is 2.26. The number of anilines is 1. The second-order valence-corrected chi connectivity index (χ2v) is 5.33. The van der Waals surface area contributed by atoms with Gasteiger partial charge >= 0.3 is 5.97 Å². The first-order chi connectivity index (χ1) is 12.0. The number of rotatable bonds is 7. The van der Waals surface area contributed by atoms with E-state index in [1.165, 1.54) is 7.11 Å². The number of amides is 1. The maximum Gasteiger partial charge on any atom is 0.342 e. The van der Waals surface area contributed by atoms with Gasteiger partial charge in [0.25, 0.3) is 5.91 Å². The molecule has 0 aromatic heterocycles. The zero-order valence-electron chi connectivity index (χ0n) is 13.9. The fourth-order valence-electron chi connectivity index (χ4n) is 2.09. The molecule has 0 saturated carbocycles. The summed E-state index contributed by atoms with van der Waals surface area (Å²) in [5.41, 5.74) is 0.656. The normalized spacial score (nSPS) is 10.0. The first-order valence-electron chi connectivity index (χ1n) is 7.57. The highest BCUT2D eigenvalue weighted by Gasteiger charge is 2.16. The second-order valence-electron chi connectivity index (χ2n) is 4.90. The van der Waals surface area contributed by atoms with Crippen LogP contribution in [-0.2, 0) is 9.53 Å². The third kappa shape index (κ3) is 5.12. The smallest absolute Gasteiger partial charge is 0.342 e. The van der Waals surface area contributed by atoms with E-state index in [0.29, 0.717) is 28.8 Å². The summed E-state index contributed by atoms with van der Waals surface area (Å²) in [5.74, 6) is -0.294. The first-order valence-corrected chi connectivity index (χ1v) is 7.95. The molecule has 7 heteroatoms. The lowest BCUT2D eigenvalue weighted by Crippen LogP contribution is -2.21. The Hall–Kier alpha value is -2.73. The minimum absolute atomic E-state index is 0.262. The van der Waals surface area contributed by atoms with Gasteiger partial charge in [-0.2, -0.15) is 0 Å². The number of benzene rings is 2. The molecule has 2 rings (SSSR count). The Morgan fingerprint density at radius 2 is 1.88 bits per heavy atom. The Balaban J connectivity index is 1.98. The quantitative estimate of drug-likeness (QED) is 0.761. The van der Waals surface area contributed by atoms with Crippen LogP contribution in [0.5, 0.6) is 11.5 Å². The van der Waals surface area contributed by atoms with Crippen molar-refractivity contribution in [1.82, 2.24) is 0 Å². The molecule has 0 atom stereocenters. The molecule has 0 bridgehead atoms. The maximum atomic E-state index is 12.1. The van der Waals surface area contributed by atoms with E-state index in [2.05, 4.69) is 5.32 Å². The molecule has 0 unspecified atom stereocenters. The molecule has 0 spiro atoms. The number of nitrogens with one attached hydrogen (secondary N) is 1. The van der Waals surface area contributed by atoms with Crippen LogP contribution < -0.4 is 14.8 Å². The minimum atomic E-state index is -0.641. The van der Waals surface area contributed by atoms with E-state index in [1.54, 1.807) is 42.5 Å². The molecule has 132 valence electrons. The fraction of sp³-hybridized carbons (Fsp3) is 0.222. The van der Waals surface area contributed by atoms with Gasteiger partial charge in [-0.25, -0.2) is 4.79 Å². The van der Waals surface area contributed by atoms with E-state index in [9.17, 15) is 9.59 Å². The van der Waals surface area contributed by atoms with Gasteiger partial charge in [0.05, 0.1) is 19.4 Å². The largest absolute Gasteiger partial charge is 0.495 e. The number of methoxy groups -OCH3 is 1. The highest BCUT2D eigenvalue weighted by atomic mass is 35.5. The van der Waals surface area contributed by atoms with Crippen LogP contribution >= 0.6 is 11.6 Å². The predicted molar refractivity (Wildman–Crippen MR) is 94.5 cm³/mol. The van der Waals surface area contributed by atoms with E-state index >= 15 is 0 Å². The van der Waals surface area contributed by atoms with Gasteiger partial charge in [0.1, 0.15) is 17.1 Å². The van der Waals surface area contributed by atoms with Crippen molar-refractivity contribution < 1.29 is 23.8 Å². The zero-order chi connectivity index (χ0) is 18.2. The van der Waals surface area contributed by atoms with Crippen molar-refractivity contribution in [3.05, 3.63) is 53.1 Å². The van der Waals surface area contributed by atoms with Crippen LogP contribution in [0.1, 0.15) is 17.3 Å². The summed E-state index contributed by atoms with van der Waals surface area (Å²) >= 11 is 5.91. The average Bonchev–Trinajstić information content (AvgIpc) is 2.61. The van der Waals surface area contributed by atoms with Crippen molar-refractivity contribution in [2.45, 2.75) is 6.92 Å². The lowest BCUT2D eigenvalue weighted by Gasteiger charge is -2.12. The number of hydrogen-bond acceptors (Lipinski definition) is 5. The first kappa shape index (κ1) is 18.6. The van der Waals surface area contributed by atoms with E-state index in [-0.39, 0.29) is 5.56 Å². The number of esters is 1. The van der Waals surface area contributed by atoms with Crippen molar-refractivity contribution in [3.63, 3.8) is 0 Å². The SMILES string of the molecule is CCOc1ccccc1C(=O)OCC(=O)Nc1cc(Cl)ccc1OC. The molecule has 0 aliphatic carbocycles. The molecule has 0 aliphatic rings. The minimum Gasteiger partial charge on any atom is -0.495 e. The van der Waals surface area contributed by atoms with Gasteiger partial charge in [-0.15, -0.1) is 0 Å². The summed E-state index contributed by atoms with van der Waals surface area (Å²) in [4.78, 5) is 24.2. The predicted octanol–water partition coefficient (Wildman–Crippen LogP) is 3.54. The Morgan fingerprint density at radius 1 is 1.12 bits per heavy atom. The molecule has 25 heavy (non-hydrogen) atoms. The van der Waals surface area contributed by atoms with Crippen molar-refractivity contribution in [2.75, 3.05) is 25.6 Å². The summed E-state index contributed by atoms with van der Waals surface area (Å²) in [6.45, 7) is 1.78. The second kappa shape index (κ2) is 8.94. The van der Waals surface area contributed by atoms with Gasteiger partial charge in [0.2, 0.25) is 0 Å². The molecular formula is C18H18ClNO5. The standard InChI is InChI=1S/C18H18ClNO5/c1-3-24-15-7-5-4-6-13(15)18(22)25-11-17(21)20-14-10-12(19)8-9-16(14)23-2/h4-10H,3,11H2,1-2H3,(H,20,21). The van der Waals surface area contributed by atoms with E-state index in [0.717, 1.165) is 0 Å². The third-order valence-corrected chi connectivity index (χ3v) is 3.41. The average molecular weight is 364 g/mol. The van der Waals surface area contributed by atoms with Crippen molar-refractivity contribution in [3.8, 4) is 11.5 Å². The van der Waals surface area contributed by atoms with Crippen LogP contribution in [0.2, 0.25) is 5.02 Å². The number of hydrogen-bond donors (Lipinski definition) is 1. The third-order valence-electron chi connectivity index (χ3n) is 3.18. The van der Waals surface area contributed by atoms with E-state index < -0.39 is 18.5 Å². The van der Waals surface area contributed by atoms with Gasteiger partial charge in [-0.3, -0.25) is 4.79 Å². The summed E-state index contributed by atoms with van der Waals surface area (Å²) in [6, 6.07) is 11.5. The summed E-state index contributed by atoms with van der Waals surface area (Å²) in [5, 5.41) is 3.04. The molecule has 0 aliphatic heterocycles. The van der Waals surface area contributed by atoms with Gasteiger partial charge in [-0.05, 0) is 37.3 Å². The Kier molecular flexibility index (Phi) is 6.65. The molecular weight excluding hydrogens is 346 g/mol. The number of para-hydroxylation sites is 1. The van der Waals surface area contributed by atoms with Crippen LogP contribution in [0.4, 0.5) is 5.69 Å². The number of ether oxygens (including phenoxy) is 3. The summed E-state index contributed by atoms with van der Waals surface area (Å²) < 4.78 is 15.6. The lowest BCUT2D eigenvalue weighted by molar-refractivity contribution is -0.119. The van der Waals surface area contributed by atoms with Crippen LogP contribution in [0.15, 0.2) is 42.5 Å². The Bertz CT molecular complexity index is 763. The Labute approximate surface area is 150 Å². The van der Waals surface area contributed by atoms with Crippen molar-refractivity contribution >= 4 is 29.2 Å². The van der Waals surface area contributed by atoms with Crippen molar-refractivity contribution in [2.24, 2.45) is 0 Å². The Morgan fingerprint density at radius 3 is 2.60 bits per heavy atom. The summed E-state index contributed by atoms with van der Waals surface area (Å²) in [6.07, 6.45) is 0. The molecule has 0 radical (unpaired) electrons. The van der Waals surface area contributed by atoms with Gasteiger partial charge in [0.15, 0.2) is 6.61 Å². The van der Waals surface area contributed by atoms with Gasteiger partial charge < -0.3 is 19.5 Å². The van der Waals surface area contributed by atoms with Crippen LogP contribution in [-0.4, -0.2) is 32.2 Å². The topological polar surface area (TPSA) is 73.9 Å². The lowest BCUT2D eigenvalue weighted by atomic mass is 10.2. The zero-order valence-corrected chi connectivity index (χ0v) is 14.6. The monoisotopic (exact) mass is 363 g/mol. The molecule has 0 fully saturated rings. The molecule has 0 saturated heterocycles. The molecule has 1 N–H and O–H groups in total. The maximum absolute atomic E-state index is 12.1. The summed E-state index contributed by atoms with van der Waals surface area (Å²) in [7, 11) is 1.48. The molecule has 0 heterocycles. The molecule has 2 aromatic carbocycles. The van der Waals surface area contributed by atoms with Crippen LogP contribution in [0, 0.1) is 0 Å². The number of halogens is 1. The van der Waals surface area contributed by atoms with Gasteiger partial charge in [0, 0.05) is 5.02 Å². The van der Waals surface area contributed by atoms with Crippen molar-refractivity contribution in [1.29, 1.82) is 0 Å². The molecule has 6 nitrogen and oxygen atoms in total. The van der Waals surface area contributed by atoms with E-state index in [4.69, 9.17) is 25.8 Å².